The van der Waals surface area contributed by atoms with Gasteiger partial charge in [-0.1, -0.05) is 20.8 Å². The predicted octanol–water partition coefficient (Wildman–Crippen LogP) is 2.69. The first-order valence-corrected chi connectivity index (χ1v) is 19.9. The summed E-state index contributed by atoms with van der Waals surface area (Å²) in [5, 5.41) is 0. The molecule has 0 saturated carbocycles. The van der Waals surface area contributed by atoms with Crippen LogP contribution in [-0.2, 0) is 43.9 Å². The van der Waals surface area contributed by atoms with Gasteiger partial charge in [-0.25, -0.2) is 38.3 Å². The molecular weight excluding hydrogens is 722 g/mol. The van der Waals surface area contributed by atoms with Crippen molar-refractivity contribution in [3.05, 3.63) is 35.7 Å². The van der Waals surface area contributed by atoms with Gasteiger partial charge < -0.3 is 29.6 Å². The van der Waals surface area contributed by atoms with Crippen molar-refractivity contribution >= 4 is 64.9 Å². The second-order valence-corrected chi connectivity index (χ2v) is 19.5. The highest BCUT2D eigenvalue weighted by Gasteiger charge is 2.55. The van der Waals surface area contributed by atoms with Crippen LogP contribution in [0.25, 0.3) is 22.3 Å². The molecular formula is C24H29F2N9O9P2S2. The molecule has 0 radical (unpaired) electrons. The third-order valence-corrected chi connectivity index (χ3v) is 13.7. The SMILES string of the molecule is CC(C)(C)SP1(=O)OC[C@H]2O[C@@H](n3cnc4c(N)ncnc43)[C@H](F)[C@@H]2OP(O)(=S)OC[C@H]2O[C@@H](n3cnc4c(=O)[nH]cnc43)[C@H](F)[C@@H]2O1. The van der Waals surface area contributed by atoms with Gasteiger partial charge in [0.25, 0.3) is 5.56 Å². The largest absolute Gasteiger partial charge is 0.390 e. The molecule has 18 nitrogen and oxygen atoms in total. The first-order valence-electron chi connectivity index (χ1n) is 14.3. The van der Waals surface area contributed by atoms with Crippen molar-refractivity contribution in [3.8, 4) is 0 Å². The molecule has 0 bridgehead atoms. The number of H-pyrrole nitrogens is 1. The third-order valence-electron chi connectivity index (χ3n) is 7.52. The number of fused-ring (bicyclic) bond motifs is 4. The standard InChI is InChI=1S/C24H29F2N9O9P2S2/c1-24(2,3)48-46(38)40-5-11-16(12(25)22(42-11)34-8-32-14-18(27)28-6-29-19(14)34)43-45(37,47)39-4-10-17(44-46)13(26)23(41-10)35-9-33-15-20(35)30-7-31-21(15)36/h6-13,16-17,22-23H,4-5H2,1-3H3,(H,37,47)(H2,27,28,29)(H,30,31,36)/t10-,11-,12-,13-,16-,17-,22-,23-,45?,46?/m1/s1. The summed E-state index contributed by atoms with van der Waals surface area (Å²) in [6.45, 7) is -4.61. The van der Waals surface area contributed by atoms with Gasteiger partial charge in [0, 0.05) is 4.75 Å². The van der Waals surface area contributed by atoms with Crippen molar-refractivity contribution in [2.45, 2.75) is 74.7 Å². The number of hydrogen-bond acceptors (Lipinski definition) is 16. The minimum atomic E-state index is -4.33. The molecule has 0 spiro atoms. The Hall–Kier alpha value is -2.49. The van der Waals surface area contributed by atoms with Crippen molar-refractivity contribution in [3.63, 3.8) is 0 Å². The average Bonchev–Trinajstić information content (AvgIpc) is 3.76. The molecule has 0 amide bonds. The smallest absolute Gasteiger partial charge is 0.382 e. The van der Waals surface area contributed by atoms with Gasteiger partial charge in [-0.2, -0.15) is 0 Å². The first-order chi connectivity index (χ1) is 22.6. The molecule has 10 atom stereocenters. The molecule has 0 aromatic carbocycles. The molecule has 0 aliphatic carbocycles. The maximum atomic E-state index is 16.4. The summed E-state index contributed by atoms with van der Waals surface area (Å²) in [6.07, 6.45) is -8.16. The minimum absolute atomic E-state index is 0.0112. The van der Waals surface area contributed by atoms with Crippen LogP contribution in [0, 0.1) is 0 Å². The highest BCUT2D eigenvalue weighted by molar-refractivity contribution is 8.55. The molecule has 2 unspecified atom stereocenters. The summed E-state index contributed by atoms with van der Waals surface area (Å²) in [6, 6.07) is 0. The van der Waals surface area contributed by atoms with Crippen molar-refractivity contribution in [1.29, 1.82) is 0 Å². The number of imidazole rings is 2. The fraction of sp³-hybridized carbons (Fsp3) is 0.583. The lowest BCUT2D eigenvalue weighted by atomic mass is 10.1. The zero-order chi connectivity index (χ0) is 34.2. The van der Waals surface area contributed by atoms with Crippen LogP contribution in [0.4, 0.5) is 14.6 Å². The predicted molar refractivity (Wildman–Crippen MR) is 169 cm³/mol. The van der Waals surface area contributed by atoms with Crippen LogP contribution in [0.1, 0.15) is 33.2 Å². The fourth-order valence-electron chi connectivity index (χ4n) is 5.54. The number of aromatic amines is 1. The molecule has 48 heavy (non-hydrogen) atoms. The minimum Gasteiger partial charge on any atom is -0.382 e. The normalized spacial score (nSPS) is 36.5. The second kappa shape index (κ2) is 12.4. The van der Waals surface area contributed by atoms with Gasteiger partial charge in [-0.3, -0.25) is 27.5 Å². The lowest BCUT2D eigenvalue weighted by Crippen LogP contribution is -2.37. The zero-order valence-electron chi connectivity index (χ0n) is 25.2. The number of nitrogen functional groups attached to an aromatic ring is 1. The summed E-state index contributed by atoms with van der Waals surface area (Å²) in [5.74, 6) is 0.0575. The molecule has 7 heterocycles. The zero-order valence-corrected chi connectivity index (χ0v) is 28.7. The molecule has 24 heteroatoms. The van der Waals surface area contributed by atoms with Gasteiger partial charge in [-0.05, 0) is 23.2 Å². The van der Waals surface area contributed by atoms with Crippen LogP contribution in [0.15, 0.2) is 30.1 Å². The van der Waals surface area contributed by atoms with Crippen molar-refractivity contribution in [2.24, 2.45) is 0 Å². The Kier molecular flexibility index (Phi) is 8.76. The van der Waals surface area contributed by atoms with Crippen LogP contribution >= 0.6 is 24.9 Å². The van der Waals surface area contributed by atoms with E-state index < -0.39 is 86.3 Å². The summed E-state index contributed by atoms with van der Waals surface area (Å²) >= 11 is 6.01. The fourth-order valence-corrected chi connectivity index (χ4v) is 11.5. The number of hydrogen-bond donors (Lipinski definition) is 3. The van der Waals surface area contributed by atoms with E-state index in [1.165, 1.54) is 28.1 Å². The number of anilines is 1. The first kappa shape index (κ1) is 34.0. The third kappa shape index (κ3) is 6.32. The lowest BCUT2D eigenvalue weighted by molar-refractivity contribution is -0.0564. The lowest BCUT2D eigenvalue weighted by Gasteiger charge is -2.32. The van der Waals surface area contributed by atoms with E-state index in [-0.39, 0.29) is 28.1 Å². The Morgan fingerprint density at radius 3 is 2.19 bits per heavy atom. The molecule has 3 aliphatic rings. The van der Waals surface area contributed by atoms with E-state index in [0.717, 1.165) is 17.7 Å². The van der Waals surface area contributed by atoms with Crippen LogP contribution in [0.2, 0.25) is 0 Å². The Labute approximate surface area is 278 Å². The molecule has 4 aromatic rings. The van der Waals surface area contributed by atoms with Gasteiger partial charge in [0.15, 0.2) is 47.4 Å². The maximum absolute atomic E-state index is 16.4. The Morgan fingerprint density at radius 2 is 1.54 bits per heavy atom. The summed E-state index contributed by atoms with van der Waals surface area (Å²) in [4.78, 5) is 45.9. The number of rotatable bonds is 3. The van der Waals surface area contributed by atoms with Crippen molar-refractivity contribution in [2.75, 3.05) is 18.9 Å². The van der Waals surface area contributed by atoms with E-state index in [0.29, 0.717) is 0 Å². The quantitative estimate of drug-likeness (QED) is 0.256. The van der Waals surface area contributed by atoms with Gasteiger partial charge in [0.1, 0.15) is 36.3 Å². The molecule has 3 fully saturated rings. The Bertz CT molecular complexity index is 2010. The maximum Gasteiger partial charge on any atom is 0.390 e. The number of halogens is 2. The highest BCUT2D eigenvalue weighted by atomic mass is 32.7. The number of ether oxygens (including phenoxy) is 2. The van der Waals surface area contributed by atoms with E-state index in [2.05, 4.69) is 29.9 Å². The Morgan fingerprint density at radius 1 is 0.958 bits per heavy atom. The van der Waals surface area contributed by atoms with E-state index in [9.17, 15) is 14.3 Å². The number of nitrogens with zero attached hydrogens (tertiary/aromatic N) is 7. The van der Waals surface area contributed by atoms with Gasteiger partial charge in [0.2, 0.25) is 0 Å². The van der Waals surface area contributed by atoms with E-state index in [4.69, 9.17) is 45.1 Å². The topological polar surface area (TPSA) is 226 Å². The molecule has 3 saturated heterocycles. The molecule has 7 rings (SSSR count). The van der Waals surface area contributed by atoms with Crippen LogP contribution in [0.3, 0.4) is 0 Å². The average molecular weight is 752 g/mol. The monoisotopic (exact) mass is 751 g/mol. The van der Waals surface area contributed by atoms with Crippen molar-refractivity contribution < 1.29 is 45.8 Å². The number of nitrogens with two attached hydrogens (primary N) is 1. The van der Waals surface area contributed by atoms with Crippen molar-refractivity contribution in [1.82, 2.24) is 39.0 Å². The van der Waals surface area contributed by atoms with E-state index in [1.54, 1.807) is 20.8 Å². The Balaban J connectivity index is 1.22. The molecule has 3 aliphatic heterocycles. The van der Waals surface area contributed by atoms with Gasteiger partial charge >= 0.3 is 13.5 Å². The van der Waals surface area contributed by atoms with Crippen LogP contribution in [0.5, 0.6) is 0 Å². The van der Waals surface area contributed by atoms with E-state index in [1.807, 2.05) is 0 Å². The van der Waals surface area contributed by atoms with Crippen LogP contribution < -0.4 is 11.3 Å². The number of alkyl halides is 2. The summed E-state index contributed by atoms with van der Waals surface area (Å²) in [7, 11) is 0. The molecule has 4 aromatic heterocycles. The van der Waals surface area contributed by atoms with Gasteiger partial charge in [-0.15, -0.1) is 0 Å². The summed E-state index contributed by atoms with van der Waals surface area (Å²) in [5.41, 5.74) is 5.62. The molecule has 4 N–H and O–H groups in total. The highest BCUT2D eigenvalue weighted by Crippen LogP contribution is 2.67. The summed E-state index contributed by atoms with van der Waals surface area (Å²) < 4.78 is 83.7. The van der Waals surface area contributed by atoms with Gasteiger partial charge in [0.05, 0.1) is 32.2 Å². The number of nitrogens with one attached hydrogen (secondary N) is 1. The van der Waals surface area contributed by atoms with E-state index >= 15 is 8.78 Å². The molecule has 260 valence electrons. The number of aromatic nitrogens is 8. The second-order valence-electron chi connectivity index (χ2n) is 12.0. The van der Waals surface area contributed by atoms with Crippen LogP contribution in [-0.4, -0.2) is 98.7 Å².